The summed E-state index contributed by atoms with van der Waals surface area (Å²) in [5.41, 5.74) is 7.96. The molecule has 6 rings (SSSR count). The molecule has 3 N–H and O–H groups in total. The molecule has 1 saturated heterocycles. The highest BCUT2D eigenvalue weighted by molar-refractivity contribution is 5.92. The largest absolute Gasteiger partial charge is 0.435 e. The SMILES string of the molecule is CC(=O)Nc1ccc2oc(-c3ccnc(C(=O)N4CCN([C@H](C5=NN(C(F)F)NN5)c5ccccc5)CC4)n3)nc2c1. The number of benzene rings is 2. The van der Waals surface area contributed by atoms with Crippen LogP contribution in [0, 0.1) is 0 Å². The molecular formula is C27H26F2N10O3. The van der Waals surface area contributed by atoms with E-state index in [1.165, 1.54) is 13.1 Å². The zero-order valence-corrected chi connectivity index (χ0v) is 22.4. The fraction of sp³-hybridized carbons (Fsp3) is 0.259. The lowest BCUT2D eigenvalue weighted by molar-refractivity contribution is -0.114. The van der Waals surface area contributed by atoms with Gasteiger partial charge in [-0.25, -0.2) is 15.0 Å². The van der Waals surface area contributed by atoms with Gasteiger partial charge < -0.3 is 14.6 Å². The number of anilines is 1. The standard InChI is InChI=1S/C27H26F2N10O3/c1-16(40)31-18-7-8-21-20(15-18)33-25(42-21)19-9-10-30-24(32-19)26(41)38-13-11-37(12-14-38)22(17-5-3-2-4-6-17)23-34-36-39(35-23)27(28)29/h2-10,15,22,27,36H,11-14H2,1H3,(H,31,40)(H,34,35)/t22-/m0/s1. The average Bonchev–Trinajstić information content (AvgIpc) is 3.66. The van der Waals surface area contributed by atoms with E-state index in [-0.39, 0.29) is 23.5 Å². The summed E-state index contributed by atoms with van der Waals surface area (Å²) in [5.74, 6) is -0.0000727. The lowest BCUT2D eigenvalue weighted by Crippen LogP contribution is -2.53. The zero-order valence-electron chi connectivity index (χ0n) is 22.4. The molecule has 0 saturated carbocycles. The fourth-order valence-corrected chi connectivity index (χ4v) is 4.90. The van der Waals surface area contributed by atoms with Crippen molar-refractivity contribution < 1.29 is 22.8 Å². The molecule has 4 aromatic rings. The number of piperazine rings is 1. The van der Waals surface area contributed by atoms with Crippen molar-refractivity contribution >= 4 is 34.4 Å². The second kappa shape index (κ2) is 11.5. The molecule has 2 aromatic heterocycles. The smallest absolute Gasteiger partial charge is 0.344 e. The highest BCUT2D eigenvalue weighted by Gasteiger charge is 2.34. The first-order valence-corrected chi connectivity index (χ1v) is 13.1. The Morgan fingerprint density at radius 2 is 1.81 bits per heavy atom. The third-order valence-corrected chi connectivity index (χ3v) is 6.81. The van der Waals surface area contributed by atoms with Gasteiger partial charge in [0, 0.05) is 45.0 Å². The number of hydrogen-bond acceptors (Lipinski definition) is 11. The van der Waals surface area contributed by atoms with E-state index in [1.807, 2.05) is 30.3 Å². The number of rotatable bonds is 7. The Morgan fingerprint density at radius 3 is 2.52 bits per heavy atom. The van der Waals surface area contributed by atoms with Crippen LogP contribution in [0.15, 0.2) is 70.3 Å². The van der Waals surface area contributed by atoms with Gasteiger partial charge in [0.05, 0.1) is 6.04 Å². The van der Waals surface area contributed by atoms with E-state index in [0.717, 1.165) is 5.56 Å². The molecule has 2 aromatic carbocycles. The number of nitrogens with zero attached hydrogens (tertiary/aromatic N) is 7. The second-order valence-corrected chi connectivity index (χ2v) is 9.63. The molecule has 0 bridgehead atoms. The first-order chi connectivity index (χ1) is 20.4. The molecule has 0 spiro atoms. The van der Waals surface area contributed by atoms with Gasteiger partial charge in [-0.2, -0.15) is 8.78 Å². The minimum atomic E-state index is -2.81. The zero-order chi connectivity index (χ0) is 29.2. The van der Waals surface area contributed by atoms with Crippen LogP contribution < -0.4 is 16.3 Å². The van der Waals surface area contributed by atoms with Crippen LogP contribution in [-0.4, -0.2) is 80.2 Å². The Balaban J connectivity index is 1.17. The van der Waals surface area contributed by atoms with Crippen LogP contribution in [0.3, 0.4) is 0 Å². The highest BCUT2D eigenvalue weighted by atomic mass is 19.3. The monoisotopic (exact) mass is 576 g/mol. The van der Waals surface area contributed by atoms with Gasteiger partial charge in [0.2, 0.25) is 17.6 Å². The molecule has 0 unspecified atom stereocenters. The summed E-state index contributed by atoms with van der Waals surface area (Å²) in [5, 5.41) is 7.18. The maximum absolute atomic E-state index is 13.4. The molecule has 42 heavy (non-hydrogen) atoms. The Labute approximate surface area is 238 Å². The number of hydrazine groups is 2. The quantitative estimate of drug-likeness (QED) is 0.281. The van der Waals surface area contributed by atoms with Gasteiger partial charge >= 0.3 is 6.55 Å². The molecule has 0 aliphatic carbocycles. The number of alkyl halides is 2. The van der Waals surface area contributed by atoms with Crippen molar-refractivity contribution in [2.24, 2.45) is 5.10 Å². The van der Waals surface area contributed by atoms with Crippen LogP contribution in [0.1, 0.15) is 29.1 Å². The topological polar surface area (TPSA) is 144 Å². The van der Waals surface area contributed by atoms with Crippen molar-refractivity contribution in [2.75, 3.05) is 31.5 Å². The first-order valence-electron chi connectivity index (χ1n) is 13.1. The third kappa shape index (κ3) is 5.59. The van der Waals surface area contributed by atoms with Crippen LogP contribution in [0.5, 0.6) is 0 Å². The molecule has 2 amide bonds. The van der Waals surface area contributed by atoms with Gasteiger partial charge in [-0.05, 0) is 29.8 Å². The Morgan fingerprint density at radius 1 is 1.02 bits per heavy atom. The number of aromatic nitrogens is 3. The molecule has 13 nitrogen and oxygen atoms in total. The molecule has 1 fully saturated rings. The molecule has 216 valence electrons. The van der Waals surface area contributed by atoms with E-state index in [4.69, 9.17) is 4.42 Å². The van der Waals surface area contributed by atoms with E-state index in [0.29, 0.717) is 59.6 Å². The van der Waals surface area contributed by atoms with Crippen molar-refractivity contribution in [2.45, 2.75) is 19.5 Å². The Hall–Kier alpha value is -5.02. The average molecular weight is 577 g/mol. The molecule has 0 radical (unpaired) electrons. The van der Waals surface area contributed by atoms with Crippen molar-refractivity contribution in [3.05, 3.63) is 72.2 Å². The summed E-state index contributed by atoms with van der Waals surface area (Å²) in [6, 6.07) is 15.7. The summed E-state index contributed by atoms with van der Waals surface area (Å²) in [6.45, 7) is 0.257. The molecule has 4 heterocycles. The maximum Gasteiger partial charge on any atom is 0.344 e. The second-order valence-electron chi connectivity index (χ2n) is 9.63. The predicted molar refractivity (Wildman–Crippen MR) is 148 cm³/mol. The van der Waals surface area contributed by atoms with E-state index >= 15 is 0 Å². The normalized spacial score (nSPS) is 16.4. The summed E-state index contributed by atoms with van der Waals surface area (Å²) >= 11 is 0. The highest BCUT2D eigenvalue weighted by Crippen LogP contribution is 2.27. The molecular weight excluding hydrogens is 550 g/mol. The number of fused-ring (bicyclic) bond motifs is 1. The van der Waals surface area contributed by atoms with Crippen LogP contribution in [-0.2, 0) is 4.79 Å². The maximum atomic E-state index is 13.4. The van der Waals surface area contributed by atoms with Gasteiger partial charge in [0.15, 0.2) is 11.4 Å². The van der Waals surface area contributed by atoms with E-state index in [2.05, 4.69) is 41.2 Å². The van der Waals surface area contributed by atoms with Crippen LogP contribution in [0.25, 0.3) is 22.7 Å². The third-order valence-electron chi connectivity index (χ3n) is 6.81. The van der Waals surface area contributed by atoms with Gasteiger partial charge in [-0.3, -0.25) is 19.9 Å². The number of carbonyl (C=O) groups excluding carboxylic acids is 2. The number of amidine groups is 1. The Bertz CT molecular complexity index is 1640. The molecule has 2 aliphatic rings. The van der Waals surface area contributed by atoms with E-state index < -0.39 is 12.6 Å². The van der Waals surface area contributed by atoms with Gasteiger partial charge in [-0.1, -0.05) is 30.3 Å². The number of hydrogen-bond donors (Lipinski definition) is 3. The summed E-state index contributed by atoms with van der Waals surface area (Å²) < 4.78 is 32.2. The van der Waals surface area contributed by atoms with E-state index in [1.54, 1.807) is 29.2 Å². The van der Waals surface area contributed by atoms with Crippen LogP contribution in [0.4, 0.5) is 14.5 Å². The van der Waals surface area contributed by atoms with Crippen molar-refractivity contribution in [1.29, 1.82) is 0 Å². The summed E-state index contributed by atoms with van der Waals surface area (Å²) in [7, 11) is 0. The number of halogens is 2. The van der Waals surface area contributed by atoms with Crippen LogP contribution >= 0.6 is 0 Å². The number of carbonyl (C=O) groups is 2. The Kier molecular flexibility index (Phi) is 7.41. The number of amides is 2. The molecule has 15 heteroatoms. The van der Waals surface area contributed by atoms with Gasteiger partial charge in [0.25, 0.3) is 5.91 Å². The minimum Gasteiger partial charge on any atom is -0.435 e. The predicted octanol–water partition coefficient (Wildman–Crippen LogP) is 2.60. The van der Waals surface area contributed by atoms with Gasteiger partial charge in [-0.15, -0.1) is 15.8 Å². The summed E-state index contributed by atoms with van der Waals surface area (Å²) in [6.07, 6.45) is 1.47. The van der Waals surface area contributed by atoms with Crippen LogP contribution in [0.2, 0.25) is 0 Å². The van der Waals surface area contributed by atoms with Gasteiger partial charge in [0.1, 0.15) is 11.2 Å². The van der Waals surface area contributed by atoms with Crippen molar-refractivity contribution in [3.8, 4) is 11.6 Å². The lowest BCUT2D eigenvalue weighted by Gasteiger charge is -2.38. The number of hydrazone groups is 1. The minimum absolute atomic E-state index is 0.000334. The lowest BCUT2D eigenvalue weighted by atomic mass is 10.0. The number of oxazole rings is 1. The molecule has 1 atom stereocenters. The first kappa shape index (κ1) is 27.2. The number of nitrogens with one attached hydrogen (secondary N) is 3. The van der Waals surface area contributed by atoms with E-state index in [9.17, 15) is 18.4 Å². The molecule has 2 aliphatic heterocycles. The van der Waals surface area contributed by atoms with Crippen molar-refractivity contribution in [3.63, 3.8) is 0 Å². The summed E-state index contributed by atoms with van der Waals surface area (Å²) in [4.78, 5) is 41.5. The fourth-order valence-electron chi connectivity index (χ4n) is 4.90. The van der Waals surface area contributed by atoms with Crippen molar-refractivity contribution in [1.82, 2.24) is 40.8 Å².